The predicted octanol–water partition coefficient (Wildman–Crippen LogP) is 3.85. The molecule has 1 N–H and O–H groups in total. The second-order valence-electron chi connectivity index (χ2n) is 4.47. The van der Waals surface area contributed by atoms with Crippen LogP contribution in [0.5, 0.6) is 5.75 Å². The fourth-order valence-electron chi connectivity index (χ4n) is 1.98. The van der Waals surface area contributed by atoms with Crippen molar-refractivity contribution >= 4 is 11.5 Å². The Morgan fingerprint density at radius 2 is 1.50 bits per heavy atom. The molecule has 0 aliphatic carbocycles. The van der Waals surface area contributed by atoms with Gasteiger partial charge >= 0.3 is 5.97 Å². The van der Waals surface area contributed by atoms with Crippen LogP contribution >= 0.6 is 0 Å². The molecule has 0 radical (unpaired) electrons. The lowest BCUT2D eigenvalue weighted by molar-refractivity contribution is -0.131. The molecule has 3 heteroatoms. The zero-order valence-electron chi connectivity index (χ0n) is 11.5. The van der Waals surface area contributed by atoms with Gasteiger partial charge in [0, 0.05) is 6.08 Å². The highest BCUT2D eigenvalue weighted by Crippen LogP contribution is 2.24. The molecule has 0 saturated carbocycles. The first-order valence-corrected chi connectivity index (χ1v) is 6.26. The van der Waals surface area contributed by atoms with Gasteiger partial charge in [0.2, 0.25) is 0 Å². The van der Waals surface area contributed by atoms with Gasteiger partial charge in [0.15, 0.2) is 0 Å². The van der Waals surface area contributed by atoms with Crippen LogP contribution < -0.4 is 4.74 Å². The van der Waals surface area contributed by atoms with Crippen molar-refractivity contribution in [3.8, 4) is 16.9 Å². The van der Waals surface area contributed by atoms with Crippen molar-refractivity contribution in [2.45, 2.75) is 6.92 Å². The molecule has 0 atom stereocenters. The number of benzene rings is 2. The summed E-state index contributed by atoms with van der Waals surface area (Å²) in [5, 5.41) is 8.74. The maximum Gasteiger partial charge on any atom is 0.328 e. The zero-order valence-corrected chi connectivity index (χ0v) is 11.5. The molecule has 0 unspecified atom stereocenters. The molecule has 0 amide bonds. The Bertz CT molecular complexity index is 622. The number of ether oxygens (including phenoxy) is 1. The normalized spacial score (nSPS) is 11.2. The standard InChI is InChI=1S/C17H16O3/c1-12(11-17(18)19)13-3-5-14(6-4-13)15-7-9-16(20-2)10-8-15/h3-11H,1-2H3,(H,18,19)/b12-11+. The lowest BCUT2D eigenvalue weighted by Gasteiger charge is -2.06. The minimum absolute atomic E-state index is 0.735. The summed E-state index contributed by atoms with van der Waals surface area (Å²) in [4.78, 5) is 10.6. The van der Waals surface area contributed by atoms with Gasteiger partial charge in [-0.15, -0.1) is 0 Å². The van der Waals surface area contributed by atoms with Gasteiger partial charge in [0.05, 0.1) is 7.11 Å². The first-order valence-electron chi connectivity index (χ1n) is 6.26. The number of carboxylic acids is 1. The summed E-state index contributed by atoms with van der Waals surface area (Å²) >= 11 is 0. The lowest BCUT2D eigenvalue weighted by atomic mass is 10.0. The van der Waals surface area contributed by atoms with E-state index >= 15 is 0 Å². The van der Waals surface area contributed by atoms with E-state index in [-0.39, 0.29) is 0 Å². The van der Waals surface area contributed by atoms with E-state index in [2.05, 4.69) is 0 Å². The van der Waals surface area contributed by atoms with Crippen molar-refractivity contribution in [2.24, 2.45) is 0 Å². The van der Waals surface area contributed by atoms with Gasteiger partial charge in [-0.3, -0.25) is 0 Å². The van der Waals surface area contributed by atoms with E-state index < -0.39 is 5.97 Å². The van der Waals surface area contributed by atoms with Crippen molar-refractivity contribution in [1.82, 2.24) is 0 Å². The van der Waals surface area contributed by atoms with E-state index in [0.717, 1.165) is 28.0 Å². The highest BCUT2D eigenvalue weighted by Gasteiger charge is 2.01. The number of rotatable bonds is 4. The van der Waals surface area contributed by atoms with Crippen molar-refractivity contribution in [2.75, 3.05) is 7.11 Å². The van der Waals surface area contributed by atoms with Crippen LogP contribution in [0.2, 0.25) is 0 Å². The van der Waals surface area contributed by atoms with Crippen LogP contribution in [0.4, 0.5) is 0 Å². The molecule has 0 spiro atoms. The molecule has 2 rings (SSSR count). The first-order chi connectivity index (χ1) is 9.60. The van der Waals surface area contributed by atoms with Gasteiger partial charge in [-0.25, -0.2) is 4.79 Å². The van der Waals surface area contributed by atoms with Gasteiger partial charge in [-0.1, -0.05) is 36.4 Å². The molecule has 0 aromatic heterocycles. The minimum Gasteiger partial charge on any atom is -0.497 e. The van der Waals surface area contributed by atoms with Gasteiger partial charge in [-0.05, 0) is 41.3 Å². The molecule has 102 valence electrons. The number of allylic oxidation sites excluding steroid dienone is 1. The molecule has 0 fully saturated rings. The summed E-state index contributed by atoms with van der Waals surface area (Å²) in [6.45, 7) is 1.79. The SMILES string of the molecule is COc1ccc(-c2ccc(/C(C)=C/C(=O)O)cc2)cc1. The summed E-state index contributed by atoms with van der Waals surface area (Å²) < 4.78 is 5.13. The molecule has 0 saturated heterocycles. The third-order valence-corrected chi connectivity index (χ3v) is 3.10. The summed E-state index contributed by atoms with van der Waals surface area (Å²) in [6, 6.07) is 15.6. The van der Waals surface area contributed by atoms with Crippen LogP contribution in [0.15, 0.2) is 54.6 Å². The monoisotopic (exact) mass is 268 g/mol. The van der Waals surface area contributed by atoms with Crippen LogP contribution in [-0.4, -0.2) is 18.2 Å². The number of carboxylic acid groups (broad SMARTS) is 1. The average Bonchev–Trinajstić information content (AvgIpc) is 2.47. The van der Waals surface area contributed by atoms with E-state index in [0.29, 0.717) is 0 Å². The van der Waals surface area contributed by atoms with Crippen molar-refractivity contribution < 1.29 is 14.6 Å². The highest BCUT2D eigenvalue weighted by molar-refractivity contribution is 5.89. The van der Waals surface area contributed by atoms with Crippen molar-refractivity contribution in [3.63, 3.8) is 0 Å². The largest absolute Gasteiger partial charge is 0.497 e. The van der Waals surface area contributed by atoms with Crippen LogP contribution in [-0.2, 0) is 4.79 Å². The summed E-state index contributed by atoms with van der Waals surface area (Å²) in [6.07, 6.45) is 1.21. The fraction of sp³-hybridized carbons (Fsp3) is 0.118. The molecule has 3 nitrogen and oxygen atoms in total. The lowest BCUT2D eigenvalue weighted by Crippen LogP contribution is -1.90. The third-order valence-electron chi connectivity index (χ3n) is 3.10. The van der Waals surface area contributed by atoms with E-state index in [1.807, 2.05) is 48.5 Å². The molecular formula is C17H16O3. The van der Waals surface area contributed by atoms with Gasteiger partial charge in [-0.2, -0.15) is 0 Å². The quantitative estimate of drug-likeness (QED) is 0.857. The van der Waals surface area contributed by atoms with Gasteiger partial charge in [0.1, 0.15) is 5.75 Å². The van der Waals surface area contributed by atoms with Crippen LogP contribution in [0.25, 0.3) is 16.7 Å². The zero-order chi connectivity index (χ0) is 14.5. The molecule has 0 heterocycles. The molecule has 20 heavy (non-hydrogen) atoms. The van der Waals surface area contributed by atoms with E-state index in [9.17, 15) is 4.79 Å². The van der Waals surface area contributed by atoms with Crippen molar-refractivity contribution in [1.29, 1.82) is 0 Å². The number of hydrogen-bond donors (Lipinski definition) is 1. The fourth-order valence-corrected chi connectivity index (χ4v) is 1.98. The van der Waals surface area contributed by atoms with E-state index in [4.69, 9.17) is 9.84 Å². The molecule has 2 aromatic rings. The Morgan fingerprint density at radius 3 is 1.95 bits per heavy atom. The maximum atomic E-state index is 10.6. The minimum atomic E-state index is -0.929. The Hall–Kier alpha value is -2.55. The second kappa shape index (κ2) is 6.06. The van der Waals surface area contributed by atoms with E-state index in [1.54, 1.807) is 14.0 Å². The number of aliphatic carboxylic acids is 1. The molecule has 0 bridgehead atoms. The highest BCUT2D eigenvalue weighted by atomic mass is 16.5. The first kappa shape index (κ1) is 13.9. The van der Waals surface area contributed by atoms with Gasteiger partial charge < -0.3 is 9.84 Å². The maximum absolute atomic E-state index is 10.6. The number of hydrogen-bond acceptors (Lipinski definition) is 2. The molecular weight excluding hydrogens is 252 g/mol. The summed E-state index contributed by atoms with van der Waals surface area (Å²) in [5.74, 6) is -0.104. The summed E-state index contributed by atoms with van der Waals surface area (Å²) in [7, 11) is 1.64. The van der Waals surface area contributed by atoms with Crippen molar-refractivity contribution in [3.05, 3.63) is 60.2 Å². The Labute approximate surface area is 118 Å². The van der Waals surface area contributed by atoms with Crippen LogP contribution in [0.3, 0.4) is 0 Å². The van der Waals surface area contributed by atoms with E-state index in [1.165, 1.54) is 6.08 Å². The topological polar surface area (TPSA) is 46.5 Å². The Balaban J connectivity index is 2.25. The number of carbonyl (C=O) groups is 1. The second-order valence-corrected chi connectivity index (χ2v) is 4.47. The van der Waals surface area contributed by atoms with Gasteiger partial charge in [0.25, 0.3) is 0 Å². The van der Waals surface area contributed by atoms with Crippen LogP contribution in [0, 0.1) is 0 Å². The smallest absolute Gasteiger partial charge is 0.328 e. The van der Waals surface area contributed by atoms with Crippen LogP contribution in [0.1, 0.15) is 12.5 Å². The average molecular weight is 268 g/mol. The molecule has 0 aliphatic rings. The Morgan fingerprint density at radius 1 is 1.00 bits per heavy atom. The summed E-state index contributed by atoms with van der Waals surface area (Å²) in [5.41, 5.74) is 3.82. The third kappa shape index (κ3) is 3.26. The Kier molecular flexibility index (Phi) is 4.20. The predicted molar refractivity (Wildman–Crippen MR) is 79.7 cm³/mol. The number of methoxy groups -OCH3 is 1. The molecule has 0 aliphatic heterocycles. The molecule has 2 aromatic carbocycles.